The van der Waals surface area contributed by atoms with Gasteiger partial charge in [-0.15, -0.1) is 0 Å². The van der Waals surface area contributed by atoms with Crippen LogP contribution in [0.25, 0.3) is 0 Å². The maximum absolute atomic E-state index is 11.3. The molecule has 3 rings (SSSR count). The number of hydrogen-bond donors (Lipinski definition) is 1. The minimum absolute atomic E-state index is 0.0415. The summed E-state index contributed by atoms with van der Waals surface area (Å²) in [6.45, 7) is 9.78. The topological polar surface area (TPSA) is 50.8 Å². The fraction of sp³-hybridized carbons (Fsp3) is 0.650. The molecule has 1 aromatic carbocycles. The highest BCUT2D eigenvalue weighted by molar-refractivity contribution is 5.71. The number of hydrogen-bond acceptors (Lipinski definition) is 5. The largest absolute Gasteiger partial charge is 0.481 e. The number of nitrogens with one attached hydrogen (secondary N) is 1. The molecule has 2 aliphatic rings. The van der Waals surface area contributed by atoms with E-state index in [1.165, 1.54) is 45.0 Å². The molecule has 1 aromatic rings. The number of benzene rings is 1. The predicted octanol–water partition coefficient (Wildman–Crippen LogP) is 2.43. The van der Waals surface area contributed by atoms with E-state index in [9.17, 15) is 4.79 Å². The second-order valence-corrected chi connectivity index (χ2v) is 7.63. The van der Waals surface area contributed by atoms with E-state index in [0.29, 0.717) is 5.41 Å². The lowest BCUT2D eigenvalue weighted by Gasteiger charge is -2.34. The molecule has 2 fully saturated rings. The van der Waals surface area contributed by atoms with Crippen LogP contribution >= 0.6 is 0 Å². The number of nitrogens with zero attached hydrogens (tertiary/aromatic N) is 1. The predicted molar refractivity (Wildman–Crippen MR) is 97.9 cm³/mol. The number of carbonyl (C=O) groups is 1. The highest BCUT2D eigenvalue weighted by Crippen LogP contribution is 2.39. The van der Waals surface area contributed by atoms with Crippen LogP contribution in [-0.4, -0.2) is 50.8 Å². The van der Waals surface area contributed by atoms with Gasteiger partial charge in [-0.05, 0) is 74.8 Å². The Kier molecular flexibility index (Phi) is 5.64. The molecule has 0 radical (unpaired) electrons. The molecule has 138 valence electrons. The van der Waals surface area contributed by atoms with Gasteiger partial charge in [0.15, 0.2) is 6.61 Å². The van der Waals surface area contributed by atoms with Crippen molar-refractivity contribution < 1.29 is 14.3 Å². The zero-order valence-corrected chi connectivity index (χ0v) is 15.7. The molecule has 2 aliphatic heterocycles. The van der Waals surface area contributed by atoms with Crippen LogP contribution in [0.3, 0.4) is 0 Å². The maximum atomic E-state index is 11.3. The SMILES string of the molecule is COC(=O)COc1c(C)cc(CN2CCC3(CCNCC3)C2)cc1C. The molecule has 25 heavy (non-hydrogen) atoms. The molecule has 5 nitrogen and oxygen atoms in total. The highest BCUT2D eigenvalue weighted by atomic mass is 16.6. The van der Waals surface area contributed by atoms with Crippen molar-refractivity contribution in [2.24, 2.45) is 5.41 Å². The summed E-state index contributed by atoms with van der Waals surface area (Å²) in [7, 11) is 1.37. The third kappa shape index (κ3) is 4.33. The average molecular weight is 346 g/mol. The Labute approximate surface area is 150 Å². The molecule has 0 amide bonds. The molecule has 2 saturated heterocycles. The molecule has 0 saturated carbocycles. The van der Waals surface area contributed by atoms with Crippen molar-refractivity contribution in [2.75, 3.05) is 39.9 Å². The van der Waals surface area contributed by atoms with Crippen LogP contribution in [0.15, 0.2) is 12.1 Å². The number of likely N-dealkylation sites (tertiary alicyclic amines) is 1. The molecule has 1 N–H and O–H groups in total. The van der Waals surface area contributed by atoms with Gasteiger partial charge in [0.2, 0.25) is 0 Å². The van der Waals surface area contributed by atoms with E-state index >= 15 is 0 Å². The van der Waals surface area contributed by atoms with Crippen molar-refractivity contribution in [3.05, 3.63) is 28.8 Å². The number of rotatable bonds is 5. The highest BCUT2D eigenvalue weighted by Gasteiger charge is 2.38. The van der Waals surface area contributed by atoms with Gasteiger partial charge in [0.05, 0.1) is 7.11 Å². The monoisotopic (exact) mass is 346 g/mol. The van der Waals surface area contributed by atoms with Gasteiger partial charge in [0.25, 0.3) is 0 Å². The number of aryl methyl sites for hydroxylation is 2. The minimum atomic E-state index is -0.354. The van der Waals surface area contributed by atoms with E-state index in [4.69, 9.17) is 4.74 Å². The number of ether oxygens (including phenoxy) is 2. The molecule has 0 aromatic heterocycles. The summed E-state index contributed by atoms with van der Waals surface area (Å²) < 4.78 is 10.3. The molecule has 0 aliphatic carbocycles. The zero-order valence-electron chi connectivity index (χ0n) is 15.7. The number of carbonyl (C=O) groups excluding carboxylic acids is 1. The van der Waals surface area contributed by atoms with Gasteiger partial charge in [-0.25, -0.2) is 4.79 Å². The molecule has 2 heterocycles. The van der Waals surface area contributed by atoms with E-state index in [0.717, 1.165) is 36.5 Å². The van der Waals surface area contributed by atoms with Gasteiger partial charge in [-0.1, -0.05) is 12.1 Å². The van der Waals surface area contributed by atoms with Crippen molar-refractivity contribution in [1.82, 2.24) is 10.2 Å². The van der Waals surface area contributed by atoms with Crippen LogP contribution in [0.4, 0.5) is 0 Å². The van der Waals surface area contributed by atoms with Crippen molar-refractivity contribution >= 4 is 5.97 Å². The van der Waals surface area contributed by atoms with Gasteiger partial charge in [0, 0.05) is 13.1 Å². The number of piperidine rings is 1. The summed E-state index contributed by atoms with van der Waals surface area (Å²) >= 11 is 0. The standard InChI is InChI=1S/C20H30N2O3/c1-15-10-17(11-16(2)19(15)25-13-18(23)24-3)12-22-9-6-20(14-22)4-7-21-8-5-20/h10-11,21H,4-9,12-14H2,1-3H3. The van der Waals surface area contributed by atoms with E-state index in [1.54, 1.807) is 0 Å². The lowest BCUT2D eigenvalue weighted by atomic mass is 9.78. The molecule has 0 atom stereocenters. The second kappa shape index (κ2) is 7.75. The molecular formula is C20H30N2O3. The number of methoxy groups -OCH3 is 1. The fourth-order valence-corrected chi connectivity index (χ4v) is 4.34. The summed E-state index contributed by atoms with van der Waals surface area (Å²) in [6.07, 6.45) is 3.94. The molecule has 0 unspecified atom stereocenters. The lowest BCUT2D eigenvalue weighted by Crippen LogP contribution is -2.38. The van der Waals surface area contributed by atoms with Crippen molar-refractivity contribution in [2.45, 2.75) is 39.7 Å². The van der Waals surface area contributed by atoms with Gasteiger partial charge >= 0.3 is 5.97 Å². The van der Waals surface area contributed by atoms with E-state index < -0.39 is 0 Å². The Morgan fingerprint density at radius 3 is 2.52 bits per heavy atom. The first-order valence-electron chi connectivity index (χ1n) is 9.24. The lowest BCUT2D eigenvalue weighted by molar-refractivity contribution is -0.142. The molecule has 5 heteroatoms. The van der Waals surface area contributed by atoms with Gasteiger partial charge in [0.1, 0.15) is 5.75 Å². The Morgan fingerprint density at radius 2 is 1.88 bits per heavy atom. The van der Waals surface area contributed by atoms with E-state index in [1.807, 2.05) is 13.8 Å². The minimum Gasteiger partial charge on any atom is -0.481 e. The van der Waals surface area contributed by atoms with Crippen LogP contribution in [0.5, 0.6) is 5.75 Å². The quantitative estimate of drug-likeness (QED) is 0.830. The van der Waals surface area contributed by atoms with Crippen LogP contribution in [0, 0.1) is 19.3 Å². The average Bonchev–Trinajstić information content (AvgIpc) is 2.96. The van der Waals surface area contributed by atoms with Crippen LogP contribution in [-0.2, 0) is 16.1 Å². The van der Waals surface area contributed by atoms with Crippen molar-refractivity contribution in [3.63, 3.8) is 0 Å². The van der Waals surface area contributed by atoms with Crippen molar-refractivity contribution in [3.8, 4) is 5.75 Å². The fourth-order valence-electron chi connectivity index (χ4n) is 4.34. The first-order chi connectivity index (χ1) is 12.0. The van der Waals surface area contributed by atoms with Gasteiger partial charge in [-0.3, -0.25) is 4.90 Å². The summed E-state index contributed by atoms with van der Waals surface area (Å²) in [5.74, 6) is 0.442. The summed E-state index contributed by atoms with van der Waals surface area (Å²) in [5, 5.41) is 3.48. The molecule has 0 bridgehead atoms. The first kappa shape index (κ1) is 18.2. The van der Waals surface area contributed by atoms with Crippen LogP contribution in [0.2, 0.25) is 0 Å². The Hall–Kier alpha value is -1.59. The van der Waals surface area contributed by atoms with Crippen LogP contribution in [0.1, 0.15) is 36.0 Å². The third-order valence-electron chi connectivity index (χ3n) is 5.67. The van der Waals surface area contributed by atoms with Crippen molar-refractivity contribution in [1.29, 1.82) is 0 Å². The summed E-state index contributed by atoms with van der Waals surface area (Å²) in [4.78, 5) is 13.9. The normalized spacial score (nSPS) is 20.0. The number of esters is 1. The molecular weight excluding hydrogens is 316 g/mol. The Bertz CT molecular complexity index is 600. The Morgan fingerprint density at radius 1 is 1.20 bits per heavy atom. The van der Waals surface area contributed by atoms with Gasteiger partial charge in [-0.2, -0.15) is 0 Å². The summed E-state index contributed by atoms with van der Waals surface area (Å²) in [6, 6.07) is 4.38. The summed E-state index contributed by atoms with van der Waals surface area (Å²) in [5.41, 5.74) is 4.02. The third-order valence-corrected chi connectivity index (χ3v) is 5.67. The molecule has 1 spiro atoms. The second-order valence-electron chi connectivity index (χ2n) is 7.63. The van der Waals surface area contributed by atoms with Crippen LogP contribution < -0.4 is 10.1 Å². The smallest absolute Gasteiger partial charge is 0.343 e. The maximum Gasteiger partial charge on any atom is 0.343 e. The van der Waals surface area contributed by atoms with E-state index in [2.05, 4.69) is 27.1 Å². The Balaban J connectivity index is 1.62. The zero-order chi connectivity index (χ0) is 17.9. The van der Waals surface area contributed by atoms with Gasteiger partial charge < -0.3 is 14.8 Å². The van der Waals surface area contributed by atoms with E-state index in [-0.39, 0.29) is 12.6 Å². The first-order valence-corrected chi connectivity index (χ1v) is 9.24.